The average molecular weight is 383 g/mol. The normalized spacial score (nSPS) is 10.2. The predicted octanol–water partition coefficient (Wildman–Crippen LogP) is 5.31. The first-order valence-electron chi connectivity index (χ1n) is 8.96. The van der Waals surface area contributed by atoms with E-state index >= 15 is 0 Å². The Balaban J connectivity index is 1.46. The molecule has 3 aromatic carbocycles. The number of aromatic nitrogens is 2. The number of amides is 1. The maximum atomic E-state index is 12.7. The second kappa shape index (κ2) is 8.67. The maximum Gasteiger partial charge on any atom is 0.322 e. The first-order valence-corrected chi connectivity index (χ1v) is 8.96. The fourth-order valence-corrected chi connectivity index (χ4v) is 2.58. The van der Waals surface area contributed by atoms with Gasteiger partial charge in [-0.25, -0.2) is 9.97 Å². The molecule has 0 radical (unpaired) electrons. The Kier molecular flexibility index (Phi) is 5.43. The molecule has 29 heavy (non-hydrogen) atoms. The molecule has 0 unspecified atom stereocenters. The molecule has 0 saturated carbocycles. The van der Waals surface area contributed by atoms with Crippen LogP contribution in [0.15, 0.2) is 97.3 Å². The highest BCUT2D eigenvalue weighted by atomic mass is 16.5. The van der Waals surface area contributed by atoms with Gasteiger partial charge in [-0.2, -0.15) is 0 Å². The molecule has 1 N–H and O–H groups in total. The smallest absolute Gasteiger partial charge is 0.322 e. The summed E-state index contributed by atoms with van der Waals surface area (Å²) in [5, 5.41) is 2.78. The van der Waals surface area contributed by atoms with Crippen molar-refractivity contribution in [3.63, 3.8) is 0 Å². The van der Waals surface area contributed by atoms with Gasteiger partial charge in [0.15, 0.2) is 0 Å². The predicted molar refractivity (Wildman–Crippen MR) is 109 cm³/mol. The highest BCUT2D eigenvalue weighted by Gasteiger charge is 2.13. The van der Waals surface area contributed by atoms with Crippen molar-refractivity contribution in [2.24, 2.45) is 0 Å². The van der Waals surface area contributed by atoms with E-state index in [1.165, 1.54) is 12.4 Å². The summed E-state index contributed by atoms with van der Waals surface area (Å²) in [4.78, 5) is 21.0. The monoisotopic (exact) mass is 383 g/mol. The number of rotatable bonds is 6. The summed E-state index contributed by atoms with van der Waals surface area (Å²) in [5.74, 6) is 1.42. The van der Waals surface area contributed by atoms with E-state index in [1.54, 1.807) is 18.2 Å². The van der Waals surface area contributed by atoms with Crippen LogP contribution in [0.25, 0.3) is 0 Å². The molecule has 1 amide bonds. The Morgan fingerprint density at radius 1 is 0.690 bits per heavy atom. The van der Waals surface area contributed by atoms with Crippen LogP contribution in [0.1, 0.15) is 10.4 Å². The molecule has 0 saturated heterocycles. The van der Waals surface area contributed by atoms with E-state index in [0.717, 1.165) is 0 Å². The highest BCUT2D eigenvalue weighted by Crippen LogP contribution is 2.26. The van der Waals surface area contributed by atoms with Gasteiger partial charge >= 0.3 is 6.01 Å². The number of nitrogens with one attached hydrogen (secondary N) is 1. The van der Waals surface area contributed by atoms with E-state index in [2.05, 4.69) is 15.3 Å². The molecular formula is C23H17N3O3. The largest absolute Gasteiger partial charge is 0.457 e. The molecule has 0 fully saturated rings. The number of hydrogen-bond acceptors (Lipinski definition) is 5. The lowest BCUT2D eigenvalue weighted by molar-refractivity contribution is 0.102. The quantitative estimate of drug-likeness (QED) is 0.488. The Morgan fingerprint density at radius 2 is 1.24 bits per heavy atom. The lowest BCUT2D eigenvalue weighted by Gasteiger charge is -2.11. The van der Waals surface area contributed by atoms with Gasteiger partial charge in [-0.15, -0.1) is 0 Å². The van der Waals surface area contributed by atoms with Crippen molar-refractivity contribution < 1.29 is 14.3 Å². The van der Waals surface area contributed by atoms with Gasteiger partial charge in [0.1, 0.15) is 17.2 Å². The summed E-state index contributed by atoms with van der Waals surface area (Å²) in [6.45, 7) is 0. The third kappa shape index (κ3) is 4.75. The highest BCUT2D eigenvalue weighted by molar-refractivity contribution is 6.06. The molecule has 0 aliphatic rings. The van der Waals surface area contributed by atoms with Crippen LogP contribution in [0, 0.1) is 0 Å². The first-order chi connectivity index (χ1) is 14.3. The third-order valence-electron chi connectivity index (χ3n) is 3.94. The molecular weight excluding hydrogens is 366 g/mol. The first kappa shape index (κ1) is 18.2. The molecule has 4 aromatic rings. The van der Waals surface area contributed by atoms with E-state index in [1.807, 2.05) is 66.7 Å². The summed E-state index contributed by atoms with van der Waals surface area (Å²) in [6.07, 6.45) is 2.98. The molecule has 0 atom stereocenters. The molecule has 1 heterocycles. The molecule has 0 aliphatic heterocycles. The molecule has 4 rings (SSSR count). The van der Waals surface area contributed by atoms with Gasteiger partial charge < -0.3 is 14.8 Å². The Labute approximate surface area is 167 Å². The molecule has 1 aromatic heterocycles. The van der Waals surface area contributed by atoms with Crippen molar-refractivity contribution >= 4 is 11.6 Å². The third-order valence-corrected chi connectivity index (χ3v) is 3.94. The minimum atomic E-state index is -0.322. The van der Waals surface area contributed by atoms with Crippen molar-refractivity contribution in [2.75, 3.05) is 5.32 Å². The van der Waals surface area contributed by atoms with Crippen LogP contribution in [0.3, 0.4) is 0 Å². The van der Waals surface area contributed by atoms with Gasteiger partial charge in [0, 0.05) is 0 Å². The van der Waals surface area contributed by atoms with E-state index in [4.69, 9.17) is 9.47 Å². The topological polar surface area (TPSA) is 73.3 Å². The summed E-state index contributed by atoms with van der Waals surface area (Å²) in [5.41, 5.74) is 0.853. The Bertz CT molecular complexity index is 1090. The van der Waals surface area contributed by atoms with Gasteiger partial charge in [0.05, 0.1) is 23.6 Å². The molecule has 142 valence electrons. The average Bonchev–Trinajstić information content (AvgIpc) is 2.77. The van der Waals surface area contributed by atoms with Crippen molar-refractivity contribution in [1.29, 1.82) is 0 Å². The standard InChI is InChI=1S/C23H17N3O3/c27-22(20-13-7-8-14-21(20)28-18-9-3-1-4-10-18)26-17-15-24-23(25-16-17)29-19-11-5-2-6-12-19/h1-16H,(H,26,27). The fourth-order valence-electron chi connectivity index (χ4n) is 2.58. The zero-order valence-corrected chi connectivity index (χ0v) is 15.4. The number of nitrogens with zero attached hydrogens (tertiary/aromatic N) is 2. The zero-order chi connectivity index (χ0) is 19.9. The number of ether oxygens (including phenoxy) is 2. The number of carbonyl (C=O) groups excluding carboxylic acids is 1. The van der Waals surface area contributed by atoms with Crippen molar-refractivity contribution in [3.8, 4) is 23.3 Å². The number of carbonyl (C=O) groups is 1. The van der Waals surface area contributed by atoms with Gasteiger partial charge in [-0.3, -0.25) is 4.79 Å². The summed E-state index contributed by atoms with van der Waals surface area (Å²) in [7, 11) is 0. The van der Waals surface area contributed by atoms with Crippen LogP contribution >= 0.6 is 0 Å². The van der Waals surface area contributed by atoms with Crippen molar-refractivity contribution in [3.05, 3.63) is 103 Å². The fraction of sp³-hybridized carbons (Fsp3) is 0. The number of hydrogen-bond donors (Lipinski definition) is 1. The Hall–Kier alpha value is -4.19. The van der Waals surface area contributed by atoms with Gasteiger partial charge in [0.25, 0.3) is 5.91 Å². The van der Waals surface area contributed by atoms with E-state index in [9.17, 15) is 4.79 Å². The van der Waals surface area contributed by atoms with Crippen LogP contribution in [0.4, 0.5) is 5.69 Å². The van der Waals surface area contributed by atoms with Crippen molar-refractivity contribution in [2.45, 2.75) is 0 Å². The van der Waals surface area contributed by atoms with Crippen molar-refractivity contribution in [1.82, 2.24) is 9.97 Å². The van der Waals surface area contributed by atoms with Crippen LogP contribution in [-0.4, -0.2) is 15.9 Å². The number of anilines is 1. The zero-order valence-electron chi connectivity index (χ0n) is 15.4. The second-order valence-electron chi connectivity index (χ2n) is 6.03. The minimum absolute atomic E-state index is 0.196. The lowest BCUT2D eigenvalue weighted by atomic mass is 10.2. The minimum Gasteiger partial charge on any atom is -0.457 e. The maximum absolute atomic E-state index is 12.7. The molecule has 6 heteroatoms. The second-order valence-corrected chi connectivity index (χ2v) is 6.03. The lowest BCUT2D eigenvalue weighted by Crippen LogP contribution is -2.13. The van der Waals surface area contributed by atoms with E-state index in [-0.39, 0.29) is 11.9 Å². The molecule has 6 nitrogen and oxygen atoms in total. The molecule has 0 aliphatic carbocycles. The molecule has 0 spiro atoms. The molecule has 0 bridgehead atoms. The SMILES string of the molecule is O=C(Nc1cnc(Oc2ccccc2)nc1)c1ccccc1Oc1ccccc1. The summed E-state index contributed by atoms with van der Waals surface area (Å²) < 4.78 is 11.4. The van der Waals surface area contributed by atoms with Gasteiger partial charge in [-0.1, -0.05) is 48.5 Å². The summed E-state index contributed by atoms with van der Waals surface area (Å²) in [6, 6.07) is 25.8. The van der Waals surface area contributed by atoms with E-state index < -0.39 is 0 Å². The van der Waals surface area contributed by atoms with Crippen LogP contribution in [-0.2, 0) is 0 Å². The number of benzene rings is 3. The van der Waals surface area contributed by atoms with Crippen LogP contribution in [0.2, 0.25) is 0 Å². The van der Waals surface area contributed by atoms with Gasteiger partial charge in [0.2, 0.25) is 0 Å². The van der Waals surface area contributed by atoms with E-state index in [0.29, 0.717) is 28.5 Å². The summed E-state index contributed by atoms with van der Waals surface area (Å²) >= 11 is 0. The number of para-hydroxylation sites is 3. The van der Waals surface area contributed by atoms with Gasteiger partial charge in [-0.05, 0) is 36.4 Å². The van der Waals surface area contributed by atoms with Crippen LogP contribution in [0.5, 0.6) is 23.3 Å². The Morgan fingerprint density at radius 3 is 1.90 bits per heavy atom. The van der Waals surface area contributed by atoms with Crippen LogP contribution < -0.4 is 14.8 Å².